The normalized spacial score (nSPS) is 11.2. The monoisotopic (exact) mass is 419 g/mol. The Morgan fingerprint density at radius 1 is 1.06 bits per heavy atom. The number of hydrogen-bond acceptors (Lipinski definition) is 5. The van der Waals surface area contributed by atoms with Crippen molar-refractivity contribution in [3.63, 3.8) is 0 Å². The van der Waals surface area contributed by atoms with Gasteiger partial charge in [-0.3, -0.25) is 4.79 Å². The van der Waals surface area contributed by atoms with Crippen molar-refractivity contribution in [2.75, 3.05) is 27.4 Å². The molecule has 1 amide bonds. The molecule has 1 N–H and O–H groups in total. The number of amides is 1. The molecular weight excluding hydrogens is 394 g/mol. The third-order valence-electron chi connectivity index (χ3n) is 5.29. The number of hydrogen-bond donors (Lipinski definition) is 1. The van der Waals surface area contributed by atoms with Crippen LogP contribution in [-0.4, -0.2) is 42.8 Å². The molecule has 0 aliphatic rings. The summed E-state index contributed by atoms with van der Waals surface area (Å²) < 4.78 is 7.42. The number of benzene rings is 2. The summed E-state index contributed by atoms with van der Waals surface area (Å²) in [5.41, 5.74) is 4.12. The van der Waals surface area contributed by atoms with Gasteiger partial charge in [-0.15, -0.1) is 0 Å². The van der Waals surface area contributed by atoms with Crippen molar-refractivity contribution < 1.29 is 19.3 Å². The number of para-hydroxylation sites is 1. The van der Waals surface area contributed by atoms with Gasteiger partial charge in [-0.2, -0.15) is 0 Å². The zero-order chi connectivity index (χ0) is 21.8. The van der Waals surface area contributed by atoms with E-state index in [1.54, 1.807) is 7.11 Å². The maximum Gasteiger partial charge on any atom is 0.269 e. The number of carbonyl (C=O) groups is 1. The molecule has 0 unspecified atom stereocenters. The van der Waals surface area contributed by atoms with E-state index in [0.717, 1.165) is 38.8 Å². The Morgan fingerprint density at radius 2 is 1.84 bits per heavy atom. The lowest BCUT2D eigenvalue weighted by Crippen LogP contribution is -2.26. The first-order valence-corrected chi connectivity index (χ1v) is 10.1. The van der Waals surface area contributed by atoms with Crippen molar-refractivity contribution in [3.05, 3.63) is 60.3 Å². The Labute approximate surface area is 180 Å². The van der Waals surface area contributed by atoms with Crippen LogP contribution in [0.25, 0.3) is 33.1 Å². The lowest BCUT2D eigenvalue weighted by atomic mass is 10.1. The van der Waals surface area contributed by atoms with Crippen LogP contribution in [0.1, 0.15) is 16.9 Å². The number of fused-ring (bicyclic) bond motifs is 3. The van der Waals surface area contributed by atoms with Gasteiger partial charge in [0.25, 0.3) is 5.91 Å². The molecule has 4 rings (SSSR count). The first kappa shape index (κ1) is 20.8. The van der Waals surface area contributed by atoms with Gasteiger partial charge in [0.05, 0.1) is 32.0 Å². The van der Waals surface area contributed by atoms with E-state index in [-0.39, 0.29) is 5.91 Å². The molecule has 0 fully saturated rings. The van der Waals surface area contributed by atoms with E-state index in [1.807, 2.05) is 49.5 Å². The Balaban J connectivity index is 1.80. The van der Waals surface area contributed by atoms with E-state index in [2.05, 4.69) is 26.9 Å². The fourth-order valence-corrected chi connectivity index (χ4v) is 3.77. The third-order valence-corrected chi connectivity index (χ3v) is 5.29. The lowest BCUT2D eigenvalue weighted by Gasteiger charge is -2.10. The Kier molecular flexibility index (Phi) is 6.16. The zero-order valence-electron chi connectivity index (χ0n) is 17.8. The van der Waals surface area contributed by atoms with Crippen LogP contribution in [-0.2, 0) is 16.8 Å². The van der Waals surface area contributed by atoms with Crippen molar-refractivity contribution in [3.8, 4) is 17.0 Å². The highest BCUT2D eigenvalue weighted by atomic mass is 17.2. The average molecular weight is 419 g/mol. The zero-order valence-corrected chi connectivity index (χ0v) is 17.8. The summed E-state index contributed by atoms with van der Waals surface area (Å²) in [5.74, 6) is 0.547. The Bertz CT molecular complexity index is 1220. The third kappa shape index (κ3) is 4.10. The summed E-state index contributed by atoms with van der Waals surface area (Å²) in [6, 6.07) is 17.7. The summed E-state index contributed by atoms with van der Waals surface area (Å²) >= 11 is 0. The highest BCUT2D eigenvalue weighted by molar-refractivity contribution is 6.13. The standard InChI is InChI=1S/C24H25N3O4/c1-27-21-8-5-4-7-18(21)19-15-20(24(28)25-13-6-14-31-30-3)26-22(23(19)27)16-9-11-17(29-2)12-10-16/h4-5,7-12,15H,6,13-14H2,1-3H3,(H,25,28). The SMILES string of the molecule is COOCCCNC(=O)c1cc2c3ccccc3n(C)c2c(-c2ccc(OC)cc2)n1. The van der Waals surface area contributed by atoms with Crippen LogP contribution >= 0.6 is 0 Å². The van der Waals surface area contributed by atoms with Crippen molar-refractivity contribution in [2.24, 2.45) is 7.05 Å². The number of methoxy groups -OCH3 is 1. The predicted octanol–water partition coefficient (Wildman–Crippen LogP) is 4.10. The summed E-state index contributed by atoms with van der Waals surface area (Å²) in [4.78, 5) is 27.1. The van der Waals surface area contributed by atoms with Gasteiger partial charge in [0.15, 0.2) is 0 Å². The average Bonchev–Trinajstić information content (AvgIpc) is 3.10. The van der Waals surface area contributed by atoms with E-state index < -0.39 is 0 Å². The molecule has 2 heterocycles. The molecule has 0 aliphatic carbocycles. The molecule has 2 aromatic heterocycles. The highest BCUT2D eigenvalue weighted by Crippen LogP contribution is 2.35. The van der Waals surface area contributed by atoms with E-state index in [9.17, 15) is 4.79 Å². The second-order valence-corrected chi connectivity index (χ2v) is 7.16. The highest BCUT2D eigenvalue weighted by Gasteiger charge is 2.19. The largest absolute Gasteiger partial charge is 0.497 e. The van der Waals surface area contributed by atoms with Crippen LogP contribution in [0, 0.1) is 0 Å². The molecule has 7 heteroatoms. The number of pyridine rings is 1. The van der Waals surface area contributed by atoms with E-state index in [4.69, 9.17) is 14.6 Å². The molecule has 0 saturated heterocycles. The molecule has 160 valence electrons. The van der Waals surface area contributed by atoms with Crippen LogP contribution in [0.5, 0.6) is 5.75 Å². The van der Waals surface area contributed by atoms with Crippen molar-refractivity contribution in [1.29, 1.82) is 0 Å². The van der Waals surface area contributed by atoms with Crippen LogP contribution in [0.15, 0.2) is 54.6 Å². The van der Waals surface area contributed by atoms with Gasteiger partial charge in [0, 0.05) is 35.4 Å². The van der Waals surface area contributed by atoms with E-state index >= 15 is 0 Å². The molecule has 0 aliphatic heterocycles. The van der Waals surface area contributed by atoms with E-state index in [1.165, 1.54) is 7.11 Å². The number of carbonyl (C=O) groups excluding carboxylic acids is 1. The van der Waals surface area contributed by atoms with Crippen molar-refractivity contribution in [1.82, 2.24) is 14.9 Å². The minimum atomic E-state index is -0.220. The van der Waals surface area contributed by atoms with Gasteiger partial charge in [0.2, 0.25) is 0 Å². The first-order valence-electron chi connectivity index (χ1n) is 10.1. The van der Waals surface area contributed by atoms with Gasteiger partial charge >= 0.3 is 0 Å². The quantitative estimate of drug-likeness (QED) is 0.264. The first-order chi connectivity index (χ1) is 15.1. The molecular formula is C24H25N3O4. The minimum Gasteiger partial charge on any atom is -0.497 e. The van der Waals surface area contributed by atoms with Crippen molar-refractivity contribution in [2.45, 2.75) is 6.42 Å². The van der Waals surface area contributed by atoms with Gasteiger partial charge < -0.3 is 14.6 Å². The summed E-state index contributed by atoms with van der Waals surface area (Å²) in [5, 5.41) is 4.99. The molecule has 2 aromatic carbocycles. The van der Waals surface area contributed by atoms with Crippen LogP contribution in [0.2, 0.25) is 0 Å². The Morgan fingerprint density at radius 3 is 2.58 bits per heavy atom. The molecule has 0 atom stereocenters. The number of ether oxygens (including phenoxy) is 1. The molecule has 0 bridgehead atoms. The number of aromatic nitrogens is 2. The molecule has 4 aromatic rings. The van der Waals surface area contributed by atoms with E-state index in [0.29, 0.717) is 25.3 Å². The maximum atomic E-state index is 12.9. The summed E-state index contributed by atoms with van der Waals surface area (Å²) in [6.45, 7) is 0.874. The topological polar surface area (TPSA) is 74.6 Å². The smallest absolute Gasteiger partial charge is 0.269 e. The number of rotatable bonds is 8. The number of nitrogens with one attached hydrogen (secondary N) is 1. The fourth-order valence-electron chi connectivity index (χ4n) is 3.77. The minimum absolute atomic E-state index is 0.220. The second kappa shape index (κ2) is 9.16. The van der Waals surface area contributed by atoms with Gasteiger partial charge in [0.1, 0.15) is 11.4 Å². The van der Waals surface area contributed by atoms with Crippen molar-refractivity contribution >= 4 is 27.7 Å². The van der Waals surface area contributed by atoms with Gasteiger partial charge in [-0.1, -0.05) is 18.2 Å². The maximum absolute atomic E-state index is 12.9. The molecule has 7 nitrogen and oxygen atoms in total. The summed E-state index contributed by atoms with van der Waals surface area (Å²) in [6.07, 6.45) is 0.640. The predicted molar refractivity (Wildman–Crippen MR) is 120 cm³/mol. The Hall–Kier alpha value is -3.42. The second-order valence-electron chi connectivity index (χ2n) is 7.16. The van der Waals surface area contributed by atoms with Gasteiger partial charge in [-0.25, -0.2) is 14.8 Å². The van der Waals surface area contributed by atoms with Crippen LogP contribution in [0.3, 0.4) is 0 Å². The molecule has 0 saturated carbocycles. The van der Waals surface area contributed by atoms with Crippen LogP contribution in [0.4, 0.5) is 0 Å². The fraction of sp³-hybridized carbons (Fsp3) is 0.250. The number of nitrogens with zero attached hydrogens (tertiary/aromatic N) is 2. The number of aryl methyl sites for hydroxylation is 1. The molecule has 31 heavy (non-hydrogen) atoms. The molecule has 0 radical (unpaired) electrons. The lowest BCUT2D eigenvalue weighted by molar-refractivity contribution is -0.272. The van der Waals surface area contributed by atoms with Gasteiger partial charge in [-0.05, 0) is 42.8 Å². The van der Waals surface area contributed by atoms with Crippen LogP contribution < -0.4 is 10.1 Å². The summed E-state index contributed by atoms with van der Waals surface area (Å²) in [7, 11) is 5.12. The molecule has 0 spiro atoms.